The Morgan fingerprint density at radius 1 is 1.33 bits per heavy atom. The molecule has 2 aromatic rings. The number of rotatable bonds is 2. The Hall–Kier alpha value is -2.87. The third-order valence-corrected chi connectivity index (χ3v) is 3.88. The number of nitriles is 1. The summed E-state index contributed by atoms with van der Waals surface area (Å²) in [5.74, 6) is -1.52. The minimum Gasteiger partial charge on any atom is -0.480 e. The smallest absolute Gasteiger partial charge is 0.326 e. The molecule has 21 heavy (non-hydrogen) atoms. The molecule has 0 saturated carbocycles. The Kier molecular flexibility index (Phi) is 2.88. The van der Waals surface area contributed by atoms with Crippen molar-refractivity contribution in [3.8, 4) is 6.07 Å². The largest absolute Gasteiger partial charge is 0.480 e. The maximum atomic E-state index is 12.6. The normalized spacial score (nSPS) is 18.4. The van der Waals surface area contributed by atoms with Gasteiger partial charge in [-0.05, 0) is 17.7 Å². The van der Waals surface area contributed by atoms with E-state index in [1.807, 2.05) is 36.4 Å². The van der Waals surface area contributed by atoms with Crippen molar-refractivity contribution in [1.29, 1.82) is 5.26 Å². The fourth-order valence-corrected chi connectivity index (χ4v) is 2.80. The number of benzene rings is 2. The van der Waals surface area contributed by atoms with Gasteiger partial charge in [0.2, 0.25) is 0 Å². The van der Waals surface area contributed by atoms with Crippen LogP contribution in [0.5, 0.6) is 0 Å². The molecule has 2 unspecified atom stereocenters. The Labute approximate surface area is 121 Å². The molecule has 0 radical (unpaired) electrons. The van der Waals surface area contributed by atoms with Gasteiger partial charge in [-0.25, -0.2) is 4.79 Å². The van der Waals surface area contributed by atoms with Gasteiger partial charge < -0.3 is 10.0 Å². The molecule has 3 rings (SSSR count). The number of aliphatic carboxylic acids is 1. The molecule has 0 fully saturated rings. The molecule has 104 valence electrons. The van der Waals surface area contributed by atoms with Gasteiger partial charge in [0.15, 0.2) is 0 Å². The number of carboxylic acid groups (broad SMARTS) is 1. The number of nitrogens with zero attached hydrogens (tertiary/aromatic N) is 2. The van der Waals surface area contributed by atoms with Gasteiger partial charge in [0, 0.05) is 5.56 Å². The lowest BCUT2D eigenvalue weighted by molar-refractivity contribution is -0.142. The maximum absolute atomic E-state index is 12.6. The van der Waals surface area contributed by atoms with Crippen molar-refractivity contribution in [1.82, 2.24) is 4.90 Å². The number of carbonyl (C=O) groups is 2. The zero-order valence-electron chi connectivity index (χ0n) is 11.3. The number of amides is 1. The van der Waals surface area contributed by atoms with Gasteiger partial charge in [0.1, 0.15) is 12.1 Å². The number of carboxylic acids is 1. The molecule has 5 nitrogen and oxygen atoms in total. The van der Waals surface area contributed by atoms with Crippen molar-refractivity contribution in [3.05, 3.63) is 47.5 Å². The minimum absolute atomic E-state index is 0.400. The molecule has 1 aliphatic heterocycles. The van der Waals surface area contributed by atoms with E-state index < -0.39 is 24.0 Å². The monoisotopic (exact) mass is 280 g/mol. The highest BCUT2D eigenvalue weighted by molar-refractivity contribution is 6.12. The first-order chi connectivity index (χ1) is 10.1. The van der Waals surface area contributed by atoms with Crippen molar-refractivity contribution in [2.45, 2.75) is 19.0 Å². The molecule has 2 atom stereocenters. The van der Waals surface area contributed by atoms with Crippen LogP contribution in [-0.2, 0) is 4.79 Å². The van der Waals surface area contributed by atoms with Crippen molar-refractivity contribution < 1.29 is 14.7 Å². The highest BCUT2D eigenvalue weighted by atomic mass is 16.4. The van der Waals surface area contributed by atoms with E-state index in [4.69, 9.17) is 5.11 Å². The predicted octanol–water partition coefficient (Wildman–Crippen LogP) is 2.33. The summed E-state index contributed by atoms with van der Waals surface area (Å²) in [4.78, 5) is 25.0. The first-order valence-electron chi connectivity index (χ1n) is 6.53. The van der Waals surface area contributed by atoms with Crippen LogP contribution in [0.1, 0.15) is 28.9 Å². The average Bonchev–Trinajstić information content (AvgIpc) is 2.78. The highest BCUT2D eigenvalue weighted by Gasteiger charge is 2.42. The summed E-state index contributed by atoms with van der Waals surface area (Å²) in [5, 5.41) is 20.2. The summed E-state index contributed by atoms with van der Waals surface area (Å²) in [5.41, 5.74) is 1.02. The zero-order chi connectivity index (χ0) is 15.1. The van der Waals surface area contributed by atoms with Crippen LogP contribution in [0.15, 0.2) is 36.4 Å². The standard InChI is InChI=1S/C16H12N2O3/c1-9(16(20)21)18-13(8-17)12-7-6-10-4-2-3-5-11(10)14(12)15(18)19/h2-7,9,13H,1H3,(H,20,21). The molecular weight excluding hydrogens is 268 g/mol. The summed E-state index contributed by atoms with van der Waals surface area (Å²) in [7, 11) is 0. The molecule has 0 bridgehead atoms. The van der Waals surface area contributed by atoms with Crippen molar-refractivity contribution in [2.75, 3.05) is 0 Å². The molecule has 0 saturated heterocycles. The van der Waals surface area contributed by atoms with Crippen LogP contribution in [0.3, 0.4) is 0 Å². The second kappa shape index (κ2) is 4.60. The third-order valence-electron chi connectivity index (χ3n) is 3.88. The van der Waals surface area contributed by atoms with E-state index in [1.165, 1.54) is 6.92 Å². The number of hydrogen-bond acceptors (Lipinski definition) is 3. The van der Waals surface area contributed by atoms with E-state index in [0.29, 0.717) is 11.1 Å². The molecule has 0 aliphatic carbocycles. The van der Waals surface area contributed by atoms with Crippen LogP contribution in [0.25, 0.3) is 10.8 Å². The zero-order valence-corrected chi connectivity index (χ0v) is 11.3. The Morgan fingerprint density at radius 2 is 2.05 bits per heavy atom. The molecule has 1 amide bonds. The lowest BCUT2D eigenvalue weighted by Crippen LogP contribution is -2.41. The molecule has 1 heterocycles. The second-order valence-electron chi connectivity index (χ2n) is 5.01. The van der Waals surface area contributed by atoms with Crippen LogP contribution in [-0.4, -0.2) is 27.9 Å². The van der Waals surface area contributed by atoms with Crippen molar-refractivity contribution in [2.24, 2.45) is 0 Å². The molecule has 1 N–H and O–H groups in total. The van der Waals surface area contributed by atoms with Crippen LogP contribution in [0.2, 0.25) is 0 Å². The molecule has 1 aliphatic rings. The van der Waals surface area contributed by atoms with E-state index in [1.54, 1.807) is 6.07 Å². The molecular formula is C16H12N2O3. The van der Waals surface area contributed by atoms with Crippen LogP contribution in [0, 0.1) is 11.3 Å². The van der Waals surface area contributed by atoms with Gasteiger partial charge in [0.25, 0.3) is 5.91 Å². The summed E-state index contributed by atoms with van der Waals surface area (Å²) < 4.78 is 0. The average molecular weight is 280 g/mol. The lowest BCUT2D eigenvalue weighted by atomic mass is 9.98. The van der Waals surface area contributed by atoms with E-state index in [9.17, 15) is 14.9 Å². The SMILES string of the molecule is CC(C(=O)O)N1C(=O)c2c(ccc3ccccc23)C1C#N. The van der Waals surface area contributed by atoms with Gasteiger partial charge >= 0.3 is 5.97 Å². The van der Waals surface area contributed by atoms with E-state index in [-0.39, 0.29) is 0 Å². The van der Waals surface area contributed by atoms with Gasteiger partial charge in [-0.15, -0.1) is 0 Å². The summed E-state index contributed by atoms with van der Waals surface area (Å²) >= 11 is 0. The molecule has 0 aromatic heterocycles. The van der Waals surface area contributed by atoms with E-state index in [0.717, 1.165) is 15.7 Å². The van der Waals surface area contributed by atoms with Gasteiger partial charge in [-0.2, -0.15) is 5.26 Å². The van der Waals surface area contributed by atoms with Crippen LogP contribution >= 0.6 is 0 Å². The summed E-state index contributed by atoms with van der Waals surface area (Å²) in [6.45, 7) is 1.42. The molecule has 5 heteroatoms. The Bertz CT molecular complexity index is 807. The van der Waals surface area contributed by atoms with Gasteiger partial charge in [-0.3, -0.25) is 4.79 Å². The van der Waals surface area contributed by atoms with Crippen molar-refractivity contribution >= 4 is 22.6 Å². The number of fused-ring (bicyclic) bond motifs is 3. The summed E-state index contributed by atoms with van der Waals surface area (Å²) in [6, 6.07) is 11.1. The first kappa shape index (κ1) is 13.1. The Balaban J connectivity index is 2.25. The molecule has 0 spiro atoms. The topological polar surface area (TPSA) is 81.4 Å². The first-order valence-corrected chi connectivity index (χ1v) is 6.53. The fourth-order valence-electron chi connectivity index (χ4n) is 2.80. The lowest BCUT2D eigenvalue weighted by Gasteiger charge is -2.24. The second-order valence-corrected chi connectivity index (χ2v) is 5.01. The minimum atomic E-state index is -1.12. The fraction of sp³-hybridized carbons (Fsp3) is 0.188. The van der Waals surface area contributed by atoms with Crippen molar-refractivity contribution in [3.63, 3.8) is 0 Å². The number of hydrogen-bond donors (Lipinski definition) is 1. The van der Waals surface area contributed by atoms with E-state index >= 15 is 0 Å². The number of carbonyl (C=O) groups excluding carboxylic acids is 1. The summed E-state index contributed by atoms with van der Waals surface area (Å²) in [6.07, 6.45) is 0. The van der Waals surface area contributed by atoms with E-state index in [2.05, 4.69) is 0 Å². The van der Waals surface area contributed by atoms with Gasteiger partial charge in [-0.1, -0.05) is 36.4 Å². The third kappa shape index (κ3) is 1.77. The maximum Gasteiger partial charge on any atom is 0.326 e. The predicted molar refractivity (Wildman–Crippen MR) is 75.6 cm³/mol. The quantitative estimate of drug-likeness (QED) is 0.915. The van der Waals surface area contributed by atoms with Crippen LogP contribution < -0.4 is 0 Å². The molecule has 2 aromatic carbocycles. The highest BCUT2D eigenvalue weighted by Crippen LogP contribution is 2.38. The van der Waals surface area contributed by atoms with Crippen LogP contribution in [0.4, 0.5) is 0 Å². The Morgan fingerprint density at radius 3 is 2.71 bits per heavy atom. The van der Waals surface area contributed by atoms with Gasteiger partial charge in [0.05, 0.1) is 11.6 Å².